The molecule has 0 saturated heterocycles. The van der Waals surface area contributed by atoms with Crippen LogP contribution in [0.3, 0.4) is 0 Å². The SMILES string of the molecule is O=C([C@H](O)[C@@H](O)C1=NN(Cc2ccc(Br)cc2)C(=O)C1)N1CCc2ccccc2C1. The highest BCUT2D eigenvalue weighted by molar-refractivity contribution is 9.10. The Bertz CT molecular complexity index is 992. The maximum Gasteiger partial charge on any atom is 0.254 e. The van der Waals surface area contributed by atoms with Gasteiger partial charge in [-0.15, -0.1) is 0 Å². The van der Waals surface area contributed by atoms with Crippen molar-refractivity contribution in [3.8, 4) is 0 Å². The van der Waals surface area contributed by atoms with E-state index in [1.54, 1.807) is 0 Å². The first kappa shape index (κ1) is 20.7. The largest absolute Gasteiger partial charge is 0.384 e. The van der Waals surface area contributed by atoms with Gasteiger partial charge in [-0.2, -0.15) is 5.10 Å². The van der Waals surface area contributed by atoms with Crippen molar-refractivity contribution in [2.24, 2.45) is 5.10 Å². The third kappa shape index (κ3) is 4.30. The summed E-state index contributed by atoms with van der Waals surface area (Å²) in [7, 11) is 0. The Morgan fingerprint density at radius 3 is 2.53 bits per heavy atom. The lowest BCUT2D eigenvalue weighted by Gasteiger charge is -2.31. The molecule has 156 valence electrons. The Hall–Kier alpha value is -2.55. The highest BCUT2D eigenvalue weighted by atomic mass is 79.9. The molecule has 2 atom stereocenters. The summed E-state index contributed by atoms with van der Waals surface area (Å²) in [6, 6.07) is 15.3. The summed E-state index contributed by atoms with van der Waals surface area (Å²) in [6.07, 6.45) is -2.60. The number of nitrogens with zero attached hydrogens (tertiary/aromatic N) is 3. The maximum absolute atomic E-state index is 12.7. The minimum Gasteiger partial charge on any atom is -0.384 e. The summed E-state index contributed by atoms with van der Waals surface area (Å²) in [5, 5.41) is 26.5. The quantitative estimate of drug-likeness (QED) is 0.695. The Morgan fingerprint density at radius 1 is 1.10 bits per heavy atom. The molecule has 0 spiro atoms. The van der Waals surface area contributed by atoms with Crippen LogP contribution in [0.25, 0.3) is 0 Å². The van der Waals surface area contributed by atoms with Gasteiger partial charge in [-0.3, -0.25) is 9.59 Å². The normalized spacial score (nSPS) is 18.1. The van der Waals surface area contributed by atoms with Crippen LogP contribution in [0.4, 0.5) is 0 Å². The van der Waals surface area contributed by atoms with E-state index in [9.17, 15) is 19.8 Å². The van der Waals surface area contributed by atoms with Crippen LogP contribution in [0, 0.1) is 0 Å². The third-order valence-electron chi connectivity index (χ3n) is 5.45. The van der Waals surface area contributed by atoms with E-state index in [-0.39, 0.29) is 24.6 Å². The van der Waals surface area contributed by atoms with Gasteiger partial charge in [0.05, 0.1) is 18.7 Å². The summed E-state index contributed by atoms with van der Waals surface area (Å²) < 4.78 is 0.931. The molecule has 30 heavy (non-hydrogen) atoms. The molecule has 0 fully saturated rings. The summed E-state index contributed by atoms with van der Waals surface area (Å²) in [5.41, 5.74) is 3.21. The number of benzene rings is 2. The average molecular weight is 472 g/mol. The molecule has 0 bridgehead atoms. The number of hydrogen-bond acceptors (Lipinski definition) is 5. The molecule has 2 aromatic rings. The van der Waals surface area contributed by atoms with E-state index in [1.165, 1.54) is 15.5 Å². The number of carbonyl (C=O) groups is 2. The number of rotatable bonds is 5. The Balaban J connectivity index is 1.42. The first-order chi connectivity index (χ1) is 14.4. The summed E-state index contributed by atoms with van der Waals surface area (Å²) in [4.78, 5) is 26.6. The second-order valence-corrected chi connectivity index (χ2v) is 8.43. The minimum atomic E-state index is -1.66. The van der Waals surface area contributed by atoms with E-state index in [2.05, 4.69) is 21.0 Å². The fourth-order valence-electron chi connectivity index (χ4n) is 3.73. The molecule has 8 heteroatoms. The van der Waals surface area contributed by atoms with Crippen LogP contribution in [0.5, 0.6) is 0 Å². The fourth-order valence-corrected chi connectivity index (χ4v) is 3.99. The van der Waals surface area contributed by atoms with Crippen LogP contribution in [0.2, 0.25) is 0 Å². The van der Waals surface area contributed by atoms with Crippen molar-refractivity contribution < 1.29 is 19.8 Å². The van der Waals surface area contributed by atoms with Crippen LogP contribution in [-0.4, -0.2) is 56.4 Å². The second kappa shape index (κ2) is 8.67. The zero-order chi connectivity index (χ0) is 21.3. The molecule has 2 amide bonds. The van der Waals surface area contributed by atoms with E-state index in [0.29, 0.717) is 19.5 Å². The highest BCUT2D eigenvalue weighted by Crippen LogP contribution is 2.22. The predicted molar refractivity (Wildman–Crippen MR) is 114 cm³/mol. The van der Waals surface area contributed by atoms with Gasteiger partial charge in [0.1, 0.15) is 6.10 Å². The zero-order valence-corrected chi connectivity index (χ0v) is 17.8. The van der Waals surface area contributed by atoms with Crippen LogP contribution < -0.4 is 0 Å². The molecule has 2 heterocycles. The molecule has 7 nitrogen and oxygen atoms in total. The molecule has 0 unspecified atom stereocenters. The van der Waals surface area contributed by atoms with Crippen LogP contribution in [0.1, 0.15) is 23.1 Å². The number of amides is 2. The monoisotopic (exact) mass is 471 g/mol. The fraction of sp³-hybridized carbons (Fsp3) is 0.318. The van der Waals surface area contributed by atoms with E-state index in [4.69, 9.17) is 0 Å². The highest BCUT2D eigenvalue weighted by Gasteiger charge is 2.37. The minimum absolute atomic E-state index is 0.107. The van der Waals surface area contributed by atoms with Crippen molar-refractivity contribution in [3.05, 3.63) is 69.7 Å². The molecule has 0 radical (unpaired) electrons. The molecular formula is C22H22BrN3O4. The number of fused-ring (bicyclic) bond motifs is 1. The lowest BCUT2D eigenvalue weighted by atomic mass is 9.98. The molecule has 2 aliphatic rings. The number of aliphatic hydroxyl groups is 2. The standard InChI is InChI=1S/C22H22BrN3O4/c23-17-7-5-14(6-8-17)12-26-19(27)11-18(24-26)20(28)21(29)22(30)25-10-9-15-3-1-2-4-16(15)13-25/h1-8,20-21,28-29H,9-13H2/t20-,21+/m0/s1. The maximum atomic E-state index is 12.7. The molecule has 2 aromatic carbocycles. The van der Waals surface area contributed by atoms with Gasteiger partial charge in [0.15, 0.2) is 6.10 Å². The number of aliphatic hydroxyl groups excluding tert-OH is 2. The van der Waals surface area contributed by atoms with Gasteiger partial charge in [-0.25, -0.2) is 5.01 Å². The topological polar surface area (TPSA) is 93.4 Å². The van der Waals surface area contributed by atoms with E-state index < -0.39 is 18.1 Å². The van der Waals surface area contributed by atoms with Crippen LogP contribution in [0.15, 0.2) is 58.1 Å². The molecule has 0 aromatic heterocycles. The predicted octanol–water partition coefficient (Wildman–Crippen LogP) is 1.84. The molecule has 4 rings (SSSR count). The number of hydrogen-bond donors (Lipinski definition) is 2. The first-order valence-electron chi connectivity index (χ1n) is 9.76. The van der Waals surface area contributed by atoms with E-state index in [1.807, 2.05) is 48.5 Å². The Morgan fingerprint density at radius 2 is 1.80 bits per heavy atom. The van der Waals surface area contributed by atoms with Gasteiger partial charge in [0, 0.05) is 17.6 Å². The summed E-state index contributed by atoms with van der Waals surface area (Å²) in [6.45, 7) is 1.12. The van der Waals surface area contributed by atoms with Crippen molar-refractivity contribution in [2.75, 3.05) is 6.54 Å². The van der Waals surface area contributed by atoms with Crippen molar-refractivity contribution in [3.63, 3.8) is 0 Å². The third-order valence-corrected chi connectivity index (χ3v) is 5.98. The second-order valence-electron chi connectivity index (χ2n) is 7.51. The van der Waals surface area contributed by atoms with Crippen molar-refractivity contribution in [1.82, 2.24) is 9.91 Å². The van der Waals surface area contributed by atoms with Crippen molar-refractivity contribution in [1.29, 1.82) is 0 Å². The van der Waals surface area contributed by atoms with Gasteiger partial charge >= 0.3 is 0 Å². The van der Waals surface area contributed by atoms with Crippen LogP contribution >= 0.6 is 15.9 Å². The lowest BCUT2D eigenvalue weighted by Crippen LogP contribution is -2.48. The van der Waals surface area contributed by atoms with E-state index in [0.717, 1.165) is 15.6 Å². The lowest BCUT2D eigenvalue weighted by molar-refractivity contribution is -0.144. The number of hydrazone groups is 1. The Kier molecular flexibility index (Phi) is 5.99. The smallest absolute Gasteiger partial charge is 0.254 e. The summed E-state index contributed by atoms with van der Waals surface area (Å²) >= 11 is 3.37. The molecular weight excluding hydrogens is 450 g/mol. The van der Waals surface area contributed by atoms with Gasteiger partial charge in [0.25, 0.3) is 5.91 Å². The molecule has 0 aliphatic carbocycles. The first-order valence-corrected chi connectivity index (χ1v) is 10.6. The van der Waals surface area contributed by atoms with Crippen molar-refractivity contribution in [2.45, 2.75) is 38.1 Å². The Labute approximate surface area is 182 Å². The van der Waals surface area contributed by atoms with Gasteiger partial charge in [-0.05, 0) is 35.2 Å². The van der Waals surface area contributed by atoms with Gasteiger partial charge in [0.2, 0.25) is 5.91 Å². The molecule has 0 saturated carbocycles. The van der Waals surface area contributed by atoms with Gasteiger partial charge in [-0.1, -0.05) is 52.3 Å². The average Bonchev–Trinajstić information content (AvgIpc) is 3.13. The number of carbonyl (C=O) groups excluding carboxylic acids is 2. The molecule has 2 N–H and O–H groups in total. The van der Waals surface area contributed by atoms with Crippen molar-refractivity contribution >= 4 is 33.5 Å². The zero-order valence-electron chi connectivity index (χ0n) is 16.2. The number of halogens is 1. The molecule has 2 aliphatic heterocycles. The van der Waals surface area contributed by atoms with Crippen LogP contribution in [-0.2, 0) is 29.1 Å². The van der Waals surface area contributed by atoms with Gasteiger partial charge < -0.3 is 15.1 Å². The summed E-state index contributed by atoms with van der Waals surface area (Å²) in [5.74, 6) is -0.836. The van der Waals surface area contributed by atoms with E-state index >= 15 is 0 Å².